The first-order valence-corrected chi connectivity index (χ1v) is 12.5. The molecule has 0 heterocycles. The van der Waals surface area contributed by atoms with Gasteiger partial charge < -0.3 is 20.1 Å². The summed E-state index contributed by atoms with van der Waals surface area (Å²) in [7, 11) is 0. The Kier molecular flexibility index (Phi) is 9.29. The molecule has 1 aliphatic carbocycles. The minimum atomic E-state index is -1.00. The number of fused-ring (bicyclic) bond motifs is 3. The molecular formula is C28H36N2O5. The highest BCUT2D eigenvalue weighted by Gasteiger charge is 2.29. The van der Waals surface area contributed by atoms with E-state index in [9.17, 15) is 19.5 Å². The van der Waals surface area contributed by atoms with Gasteiger partial charge in [-0.3, -0.25) is 4.79 Å². The Morgan fingerprint density at radius 3 is 2.14 bits per heavy atom. The topological polar surface area (TPSA) is 95.9 Å². The van der Waals surface area contributed by atoms with Gasteiger partial charge in [-0.2, -0.15) is 0 Å². The van der Waals surface area contributed by atoms with Crippen LogP contribution in [0.15, 0.2) is 48.5 Å². The molecule has 2 amide bonds. The van der Waals surface area contributed by atoms with Gasteiger partial charge in [-0.1, -0.05) is 61.9 Å². The summed E-state index contributed by atoms with van der Waals surface area (Å²) in [5.74, 6) is -0.867. The molecule has 0 saturated heterocycles. The van der Waals surface area contributed by atoms with E-state index in [0.717, 1.165) is 12.8 Å². The van der Waals surface area contributed by atoms with Crippen molar-refractivity contribution in [1.29, 1.82) is 0 Å². The molecule has 2 aromatic rings. The van der Waals surface area contributed by atoms with Gasteiger partial charge in [-0.15, -0.1) is 0 Å². The Hall–Kier alpha value is -3.35. The molecule has 2 N–H and O–H groups in total. The van der Waals surface area contributed by atoms with Crippen LogP contribution in [-0.4, -0.2) is 53.7 Å². The fourth-order valence-corrected chi connectivity index (χ4v) is 4.85. The molecule has 188 valence electrons. The van der Waals surface area contributed by atoms with E-state index in [2.05, 4.69) is 36.5 Å². The Balaban J connectivity index is 1.44. The van der Waals surface area contributed by atoms with E-state index in [1.54, 1.807) is 6.92 Å². The molecule has 2 unspecified atom stereocenters. The maximum absolute atomic E-state index is 12.5. The third kappa shape index (κ3) is 6.41. The second-order valence-corrected chi connectivity index (χ2v) is 9.05. The molecular weight excluding hydrogens is 444 g/mol. The number of carbonyl (C=O) groups is 3. The summed E-state index contributed by atoms with van der Waals surface area (Å²) in [4.78, 5) is 37.5. The molecule has 7 nitrogen and oxygen atoms in total. The normalized spacial score (nSPS) is 13.9. The van der Waals surface area contributed by atoms with Gasteiger partial charge in [0.25, 0.3) is 0 Å². The lowest BCUT2D eigenvalue weighted by atomic mass is 9.96. The summed E-state index contributed by atoms with van der Waals surface area (Å²) in [6.45, 7) is 6.48. The standard InChI is InChI=1S/C28H36N2O5/c1-4-20(14-15-26(31)30(5-2)19(3)27(32)33)16-17-29-28(34)35-18-25-23-12-8-6-10-21(23)22-11-7-9-13-24(22)25/h6-13,19-20,25H,4-5,14-18H2,1-3H3,(H,29,34)(H,32,33). The van der Waals surface area contributed by atoms with Crippen molar-refractivity contribution in [2.45, 2.75) is 58.4 Å². The van der Waals surface area contributed by atoms with Crippen LogP contribution in [0.4, 0.5) is 4.79 Å². The van der Waals surface area contributed by atoms with E-state index in [0.29, 0.717) is 25.9 Å². The number of hydrogen-bond donors (Lipinski definition) is 2. The fourth-order valence-electron chi connectivity index (χ4n) is 4.85. The minimum absolute atomic E-state index is 0.0252. The van der Waals surface area contributed by atoms with Crippen molar-refractivity contribution in [2.75, 3.05) is 19.7 Å². The Morgan fingerprint density at radius 2 is 1.60 bits per heavy atom. The fraction of sp³-hybridized carbons (Fsp3) is 0.464. The lowest BCUT2D eigenvalue weighted by Gasteiger charge is -2.26. The number of carboxylic acids is 1. The SMILES string of the molecule is CCC(CCNC(=O)OCC1c2ccccc2-c2ccccc21)CCC(=O)N(CC)C(C)C(=O)O. The Bertz CT molecular complexity index is 992. The number of nitrogens with zero attached hydrogens (tertiary/aromatic N) is 1. The summed E-state index contributed by atoms with van der Waals surface area (Å²) in [5, 5.41) is 12.0. The quantitative estimate of drug-likeness (QED) is 0.444. The molecule has 7 heteroatoms. The predicted octanol–water partition coefficient (Wildman–Crippen LogP) is 5.04. The number of benzene rings is 2. The van der Waals surface area contributed by atoms with Crippen LogP contribution >= 0.6 is 0 Å². The molecule has 0 bridgehead atoms. The van der Waals surface area contributed by atoms with Crippen LogP contribution < -0.4 is 5.32 Å². The van der Waals surface area contributed by atoms with Crippen LogP contribution in [0, 0.1) is 5.92 Å². The molecule has 35 heavy (non-hydrogen) atoms. The van der Waals surface area contributed by atoms with Crippen LogP contribution in [0.1, 0.15) is 63.5 Å². The van der Waals surface area contributed by atoms with E-state index in [4.69, 9.17) is 4.74 Å². The average molecular weight is 481 g/mol. The zero-order chi connectivity index (χ0) is 25.4. The number of rotatable bonds is 12. The van der Waals surface area contributed by atoms with Crippen molar-refractivity contribution in [3.8, 4) is 11.1 Å². The molecule has 0 saturated carbocycles. The first-order chi connectivity index (χ1) is 16.9. The predicted molar refractivity (Wildman–Crippen MR) is 135 cm³/mol. The van der Waals surface area contributed by atoms with Gasteiger partial charge in [-0.25, -0.2) is 9.59 Å². The third-order valence-corrected chi connectivity index (χ3v) is 7.00. The maximum atomic E-state index is 12.5. The molecule has 3 rings (SSSR count). The Labute approximate surface area is 207 Å². The highest BCUT2D eigenvalue weighted by atomic mass is 16.5. The summed E-state index contributed by atoms with van der Waals surface area (Å²) in [6.07, 6.45) is 2.12. The van der Waals surface area contributed by atoms with Gasteiger partial charge in [0.1, 0.15) is 12.6 Å². The largest absolute Gasteiger partial charge is 0.480 e. The number of amides is 2. The van der Waals surface area contributed by atoms with Crippen molar-refractivity contribution in [3.05, 3.63) is 59.7 Å². The first kappa shape index (κ1) is 26.3. The van der Waals surface area contributed by atoms with Gasteiger partial charge in [0.05, 0.1) is 0 Å². The molecule has 0 radical (unpaired) electrons. The van der Waals surface area contributed by atoms with Gasteiger partial charge in [0.15, 0.2) is 0 Å². The monoisotopic (exact) mass is 480 g/mol. The summed E-state index contributed by atoms with van der Waals surface area (Å²) >= 11 is 0. The lowest BCUT2D eigenvalue weighted by molar-refractivity contribution is -0.149. The number of alkyl carbamates (subject to hydrolysis) is 1. The number of ether oxygens (including phenoxy) is 1. The minimum Gasteiger partial charge on any atom is -0.480 e. The second-order valence-electron chi connectivity index (χ2n) is 9.05. The Morgan fingerprint density at radius 1 is 1.00 bits per heavy atom. The van der Waals surface area contributed by atoms with Crippen molar-refractivity contribution in [1.82, 2.24) is 10.2 Å². The van der Waals surface area contributed by atoms with Gasteiger partial charge in [0, 0.05) is 25.4 Å². The molecule has 0 fully saturated rings. The van der Waals surface area contributed by atoms with Crippen LogP contribution in [-0.2, 0) is 14.3 Å². The zero-order valence-electron chi connectivity index (χ0n) is 20.8. The third-order valence-electron chi connectivity index (χ3n) is 7.00. The van der Waals surface area contributed by atoms with E-state index in [-0.39, 0.29) is 24.3 Å². The molecule has 0 aliphatic heterocycles. The first-order valence-electron chi connectivity index (χ1n) is 12.5. The molecule has 2 aromatic carbocycles. The molecule has 1 aliphatic rings. The molecule has 2 atom stereocenters. The van der Waals surface area contributed by atoms with Crippen molar-refractivity contribution in [2.24, 2.45) is 5.92 Å². The number of likely N-dealkylation sites (N-methyl/N-ethyl adjacent to an activating group) is 1. The van der Waals surface area contributed by atoms with Crippen LogP contribution in [0.25, 0.3) is 11.1 Å². The maximum Gasteiger partial charge on any atom is 0.407 e. The molecule has 0 spiro atoms. The zero-order valence-corrected chi connectivity index (χ0v) is 20.8. The summed E-state index contributed by atoms with van der Waals surface area (Å²) in [5.41, 5.74) is 4.74. The van der Waals surface area contributed by atoms with Crippen molar-refractivity contribution in [3.63, 3.8) is 0 Å². The van der Waals surface area contributed by atoms with Crippen molar-refractivity contribution < 1.29 is 24.2 Å². The highest BCUT2D eigenvalue weighted by Crippen LogP contribution is 2.44. The van der Waals surface area contributed by atoms with E-state index in [1.807, 2.05) is 24.3 Å². The van der Waals surface area contributed by atoms with Gasteiger partial charge >= 0.3 is 12.1 Å². The number of carbonyl (C=O) groups excluding carboxylic acids is 2. The number of aliphatic carboxylic acids is 1. The second kappa shape index (κ2) is 12.4. The highest BCUT2D eigenvalue weighted by molar-refractivity contribution is 5.83. The lowest BCUT2D eigenvalue weighted by Crippen LogP contribution is -2.43. The summed E-state index contributed by atoms with van der Waals surface area (Å²) in [6, 6.07) is 15.6. The average Bonchev–Trinajstić information content (AvgIpc) is 3.18. The van der Waals surface area contributed by atoms with Crippen LogP contribution in [0.5, 0.6) is 0 Å². The van der Waals surface area contributed by atoms with E-state index in [1.165, 1.54) is 34.1 Å². The number of carboxylic acid groups (broad SMARTS) is 1. The number of hydrogen-bond acceptors (Lipinski definition) is 4. The number of nitrogens with one attached hydrogen (secondary N) is 1. The summed E-state index contributed by atoms with van der Waals surface area (Å²) < 4.78 is 5.58. The molecule has 0 aromatic heterocycles. The van der Waals surface area contributed by atoms with Gasteiger partial charge in [-0.05, 0) is 54.9 Å². The van der Waals surface area contributed by atoms with Crippen molar-refractivity contribution >= 4 is 18.0 Å². The van der Waals surface area contributed by atoms with Gasteiger partial charge in [0.2, 0.25) is 5.91 Å². The smallest absolute Gasteiger partial charge is 0.407 e. The van der Waals surface area contributed by atoms with Crippen LogP contribution in [0.2, 0.25) is 0 Å². The van der Waals surface area contributed by atoms with E-state index >= 15 is 0 Å². The van der Waals surface area contributed by atoms with Crippen LogP contribution in [0.3, 0.4) is 0 Å². The van der Waals surface area contributed by atoms with E-state index < -0.39 is 18.1 Å².